The first-order chi connectivity index (χ1) is 16.8. The Labute approximate surface area is 211 Å². The molecule has 0 fully saturated rings. The molecule has 0 aromatic heterocycles. The maximum absolute atomic E-state index is 11.3. The second kappa shape index (κ2) is 15.0. The zero-order valence-corrected chi connectivity index (χ0v) is 22.6. The molecule has 0 saturated heterocycles. The Morgan fingerprint density at radius 3 is 1.51 bits per heavy atom. The summed E-state index contributed by atoms with van der Waals surface area (Å²) < 4.78 is 28.4. The summed E-state index contributed by atoms with van der Waals surface area (Å²) in [5.41, 5.74) is 0.380. The molecule has 0 aliphatic carbocycles. The minimum atomic E-state index is -2.52. The standard InChI is InChI=1S/C28H40O6Si/c1-24(2)27(29)33-22-20-31-18-16-30-17-19-32-21-23-34-35(28(3,4)5,25-12-8-6-9-13-25)26-14-10-7-11-15-26/h6-15H,1,16-23H2,2-5H3. The Bertz CT molecular complexity index is 840. The van der Waals surface area contributed by atoms with Gasteiger partial charge in [0.25, 0.3) is 8.32 Å². The Hall–Kier alpha value is -2.29. The second-order valence-electron chi connectivity index (χ2n) is 9.27. The monoisotopic (exact) mass is 500 g/mol. The molecule has 7 heteroatoms. The molecule has 0 saturated carbocycles. The number of benzene rings is 2. The molecular formula is C28H40O6Si. The molecule has 0 heterocycles. The summed E-state index contributed by atoms with van der Waals surface area (Å²) in [6.07, 6.45) is 0. The van der Waals surface area contributed by atoms with Gasteiger partial charge in [0.1, 0.15) is 6.61 Å². The van der Waals surface area contributed by atoms with Crippen molar-refractivity contribution in [3.05, 3.63) is 72.8 Å². The van der Waals surface area contributed by atoms with Crippen LogP contribution < -0.4 is 10.4 Å². The van der Waals surface area contributed by atoms with E-state index in [1.165, 1.54) is 10.4 Å². The zero-order chi connectivity index (χ0) is 25.6. The third-order valence-corrected chi connectivity index (χ3v) is 10.6. The molecule has 0 bridgehead atoms. The maximum atomic E-state index is 11.3. The Morgan fingerprint density at radius 1 is 0.714 bits per heavy atom. The van der Waals surface area contributed by atoms with Crippen molar-refractivity contribution in [3.8, 4) is 0 Å². The average molecular weight is 501 g/mol. The normalized spacial score (nSPS) is 11.9. The fraction of sp³-hybridized carbons (Fsp3) is 0.464. The first kappa shape index (κ1) is 28.9. The van der Waals surface area contributed by atoms with Crippen molar-refractivity contribution in [2.75, 3.05) is 52.9 Å². The van der Waals surface area contributed by atoms with Crippen molar-refractivity contribution in [2.24, 2.45) is 0 Å². The molecule has 0 amide bonds. The first-order valence-electron chi connectivity index (χ1n) is 12.1. The smallest absolute Gasteiger partial charge is 0.333 e. The van der Waals surface area contributed by atoms with Crippen LogP contribution in [0.5, 0.6) is 0 Å². The lowest BCUT2D eigenvalue weighted by Gasteiger charge is -2.43. The molecule has 6 nitrogen and oxygen atoms in total. The van der Waals surface area contributed by atoms with Crippen molar-refractivity contribution in [1.82, 2.24) is 0 Å². The van der Waals surface area contributed by atoms with E-state index in [1.807, 2.05) is 12.1 Å². The minimum Gasteiger partial charge on any atom is -0.460 e. The van der Waals surface area contributed by atoms with Crippen LogP contribution in [0.2, 0.25) is 5.04 Å². The quantitative estimate of drug-likeness (QED) is 0.151. The van der Waals surface area contributed by atoms with Crippen LogP contribution in [-0.4, -0.2) is 67.1 Å². The predicted octanol–water partition coefficient (Wildman–Crippen LogP) is 3.73. The summed E-state index contributed by atoms with van der Waals surface area (Å²) in [6.45, 7) is 15.3. The van der Waals surface area contributed by atoms with Crippen LogP contribution >= 0.6 is 0 Å². The number of rotatable bonds is 16. The number of carbonyl (C=O) groups excluding carboxylic acids is 1. The van der Waals surface area contributed by atoms with Gasteiger partial charge in [0.15, 0.2) is 0 Å². The van der Waals surface area contributed by atoms with Gasteiger partial charge in [0, 0.05) is 5.57 Å². The van der Waals surface area contributed by atoms with Gasteiger partial charge in [-0.05, 0) is 22.3 Å². The number of hydrogen-bond acceptors (Lipinski definition) is 6. The van der Waals surface area contributed by atoms with E-state index in [0.717, 1.165) is 0 Å². The van der Waals surface area contributed by atoms with E-state index in [4.69, 9.17) is 23.4 Å². The number of ether oxygens (including phenoxy) is 4. The van der Waals surface area contributed by atoms with Crippen LogP contribution in [0, 0.1) is 0 Å². The van der Waals surface area contributed by atoms with E-state index in [9.17, 15) is 4.79 Å². The third kappa shape index (κ3) is 9.02. The Balaban J connectivity index is 1.73. The van der Waals surface area contributed by atoms with E-state index in [0.29, 0.717) is 51.8 Å². The molecule has 0 radical (unpaired) electrons. The van der Waals surface area contributed by atoms with Gasteiger partial charge < -0.3 is 23.4 Å². The van der Waals surface area contributed by atoms with Crippen LogP contribution in [0.3, 0.4) is 0 Å². The fourth-order valence-electron chi connectivity index (χ4n) is 3.87. The summed E-state index contributed by atoms with van der Waals surface area (Å²) in [5, 5.41) is 2.47. The van der Waals surface area contributed by atoms with Crippen LogP contribution in [-0.2, 0) is 28.2 Å². The number of carbonyl (C=O) groups is 1. The highest BCUT2D eigenvalue weighted by Crippen LogP contribution is 2.36. The molecule has 2 aromatic rings. The summed E-state index contributed by atoms with van der Waals surface area (Å²) in [7, 11) is -2.52. The van der Waals surface area contributed by atoms with Gasteiger partial charge in [0.05, 0.1) is 46.2 Å². The molecule has 0 aliphatic rings. The van der Waals surface area contributed by atoms with E-state index >= 15 is 0 Å². The van der Waals surface area contributed by atoms with Gasteiger partial charge in [-0.15, -0.1) is 0 Å². The molecule has 0 spiro atoms. The highest BCUT2D eigenvalue weighted by atomic mass is 28.4. The lowest BCUT2D eigenvalue weighted by atomic mass is 10.2. The van der Waals surface area contributed by atoms with Gasteiger partial charge in [-0.3, -0.25) is 0 Å². The van der Waals surface area contributed by atoms with Gasteiger partial charge in [-0.25, -0.2) is 4.79 Å². The molecule has 2 aromatic carbocycles. The Kier molecular flexibility index (Phi) is 12.4. The lowest BCUT2D eigenvalue weighted by molar-refractivity contribution is -0.140. The molecule has 0 atom stereocenters. The average Bonchev–Trinajstić information content (AvgIpc) is 2.84. The van der Waals surface area contributed by atoms with Crippen LogP contribution in [0.1, 0.15) is 27.7 Å². The summed E-state index contributed by atoms with van der Waals surface area (Å²) in [4.78, 5) is 11.3. The van der Waals surface area contributed by atoms with E-state index in [1.54, 1.807) is 6.92 Å². The summed E-state index contributed by atoms with van der Waals surface area (Å²) >= 11 is 0. The fourth-order valence-corrected chi connectivity index (χ4v) is 8.42. The zero-order valence-electron chi connectivity index (χ0n) is 21.6. The molecule has 0 aliphatic heterocycles. The number of hydrogen-bond donors (Lipinski definition) is 0. The lowest BCUT2D eigenvalue weighted by Crippen LogP contribution is -2.66. The van der Waals surface area contributed by atoms with Crippen molar-refractivity contribution in [2.45, 2.75) is 32.7 Å². The van der Waals surface area contributed by atoms with Crippen molar-refractivity contribution in [1.29, 1.82) is 0 Å². The van der Waals surface area contributed by atoms with E-state index < -0.39 is 14.3 Å². The van der Waals surface area contributed by atoms with Gasteiger partial charge in [0.2, 0.25) is 0 Å². The van der Waals surface area contributed by atoms with Crippen LogP contribution in [0.25, 0.3) is 0 Å². The highest BCUT2D eigenvalue weighted by molar-refractivity contribution is 6.99. The van der Waals surface area contributed by atoms with Gasteiger partial charge in [-0.1, -0.05) is 88.0 Å². The van der Waals surface area contributed by atoms with Crippen molar-refractivity contribution >= 4 is 24.7 Å². The van der Waals surface area contributed by atoms with Gasteiger partial charge >= 0.3 is 5.97 Å². The topological polar surface area (TPSA) is 63.2 Å². The molecule has 192 valence electrons. The largest absolute Gasteiger partial charge is 0.460 e. The molecule has 0 unspecified atom stereocenters. The maximum Gasteiger partial charge on any atom is 0.333 e. The molecule has 2 rings (SSSR count). The number of esters is 1. The first-order valence-corrected chi connectivity index (χ1v) is 14.0. The van der Waals surface area contributed by atoms with Crippen molar-refractivity contribution in [3.63, 3.8) is 0 Å². The second-order valence-corrected chi connectivity index (χ2v) is 13.6. The molecule has 35 heavy (non-hydrogen) atoms. The van der Waals surface area contributed by atoms with Gasteiger partial charge in [-0.2, -0.15) is 0 Å². The Morgan fingerprint density at radius 2 is 1.11 bits per heavy atom. The SMILES string of the molecule is C=C(C)C(=O)OCCOCCOCCOCCO[Si](c1ccccc1)(c1ccccc1)C(C)(C)C. The predicted molar refractivity (Wildman–Crippen MR) is 142 cm³/mol. The van der Waals surface area contributed by atoms with E-state index in [2.05, 4.69) is 75.9 Å². The molecular weight excluding hydrogens is 460 g/mol. The molecule has 0 N–H and O–H groups in total. The summed E-state index contributed by atoms with van der Waals surface area (Å²) in [6, 6.07) is 21.2. The van der Waals surface area contributed by atoms with Crippen molar-refractivity contribution < 1.29 is 28.2 Å². The third-order valence-electron chi connectivity index (χ3n) is 5.52. The highest BCUT2D eigenvalue weighted by Gasteiger charge is 2.49. The van der Waals surface area contributed by atoms with Crippen LogP contribution in [0.15, 0.2) is 72.8 Å². The van der Waals surface area contributed by atoms with E-state index in [-0.39, 0.29) is 11.6 Å². The summed E-state index contributed by atoms with van der Waals surface area (Å²) in [5.74, 6) is -0.402. The van der Waals surface area contributed by atoms with Crippen LogP contribution in [0.4, 0.5) is 0 Å². The minimum absolute atomic E-state index is 0.0539.